The lowest BCUT2D eigenvalue weighted by Gasteiger charge is -2.19. The van der Waals surface area contributed by atoms with Gasteiger partial charge >= 0.3 is 6.03 Å². The fourth-order valence-electron chi connectivity index (χ4n) is 2.79. The normalized spacial score (nSPS) is 11.1. The van der Waals surface area contributed by atoms with Gasteiger partial charge in [-0.2, -0.15) is 0 Å². The molecule has 0 saturated carbocycles. The first-order valence-electron chi connectivity index (χ1n) is 9.37. The van der Waals surface area contributed by atoms with Gasteiger partial charge in [-0.3, -0.25) is 9.59 Å². The average Bonchev–Trinajstić information content (AvgIpc) is 2.79. The Kier molecular flexibility index (Phi) is 6.78. The molecule has 0 aliphatic carbocycles. The number of hydrogen-bond acceptors (Lipinski definition) is 3. The van der Waals surface area contributed by atoms with E-state index in [9.17, 15) is 14.4 Å². The zero-order valence-electron chi connectivity index (χ0n) is 16.4. The molecule has 3 rings (SSSR count). The molecule has 1 atom stereocenters. The molecule has 3 aromatic rings. The third kappa shape index (κ3) is 5.45. The summed E-state index contributed by atoms with van der Waals surface area (Å²) in [5.74, 6) is -0.720. The summed E-state index contributed by atoms with van der Waals surface area (Å²) in [7, 11) is 1.53. The zero-order valence-corrected chi connectivity index (χ0v) is 16.4. The van der Waals surface area contributed by atoms with E-state index >= 15 is 0 Å². The average molecular weight is 402 g/mol. The number of benzene rings is 3. The molecule has 7 heteroatoms. The Hall–Kier alpha value is -4.13. The fraction of sp³-hybridized carbons (Fsp3) is 0.0870. The molecule has 0 saturated heterocycles. The first-order valence-corrected chi connectivity index (χ1v) is 9.37. The third-order valence-electron chi connectivity index (χ3n) is 4.34. The molecule has 0 aliphatic rings. The fourth-order valence-corrected chi connectivity index (χ4v) is 2.79. The number of amides is 4. The van der Waals surface area contributed by atoms with E-state index in [-0.39, 0.29) is 17.8 Å². The molecule has 0 aromatic heterocycles. The Morgan fingerprint density at radius 3 is 1.80 bits per heavy atom. The molecule has 0 heterocycles. The lowest BCUT2D eigenvalue weighted by atomic mass is 10.1. The van der Waals surface area contributed by atoms with Crippen molar-refractivity contribution in [2.45, 2.75) is 6.04 Å². The quantitative estimate of drug-likeness (QED) is 0.507. The maximum Gasteiger partial charge on any atom is 0.318 e. The Balaban J connectivity index is 1.75. The van der Waals surface area contributed by atoms with Gasteiger partial charge in [0.05, 0.1) is 0 Å². The van der Waals surface area contributed by atoms with Gasteiger partial charge in [-0.1, -0.05) is 48.5 Å². The molecule has 0 bridgehead atoms. The molecule has 1 unspecified atom stereocenters. The van der Waals surface area contributed by atoms with Gasteiger partial charge in [0.25, 0.3) is 11.8 Å². The number of nitrogens with one attached hydrogen (secondary N) is 4. The smallest absolute Gasteiger partial charge is 0.318 e. The molecule has 4 N–H and O–H groups in total. The number of carbonyl (C=O) groups excluding carboxylic acids is 3. The Morgan fingerprint density at radius 2 is 1.23 bits per heavy atom. The van der Waals surface area contributed by atoms with Gasteiger partial charge in [0.1, 0.15) is 6.04 Å². The molecule has 30 heavy (non-hydrogen) atoms. The van der Waals surface area contributed by atoms with E-state index in [2.05, 4.69) is 21.3 Å². The molecule has 4 amide bonds. The lowest BCUT2D eigenvalue weighted by Crippen LogP contribution is -2.37. The van der Waals surface area contributed by atoms with Crippen LogP contribution in [0.3, 0.4) is 0 Å². The number of hydrogen-bond donors (Lipinski definition) is 4. The van der Waals surface area contributed by atoms with E-state index in [0.717, 1.165) is 0 Å². The van der Waals surface area contributed by atoms with Crippen molar-refractivity contribution in [1.29, 1.82) is 0 Å². The van der Waals surface area contributed by atoms with Crippen LogP contribution in [0, 0.1) is 0 Å². The number of urea groups is 1. The van der Waals surface area contributed by atoms with E-state index in [4.69, 9.17) is 0 Å². The molecule has 0 aliphatic heterocycles. The van der Waals surface area contributed by atoms with Gasteiger partial charge in [0, 0.05) is 24.0 Å². The van der Waals surface area contributed by atoms with Crippen molar-refractivity contribution in [3.05, 3.63) is 96.1 Å². The highest BCUT2D eigenvalue weighted by Gasteiger charge is 2.23. The second kappa shape index (κ2) is 9.88. The number of rotatable bonds is 6. The Morgan fingerprint density at radius 1 is 0.700 bits per heavy atom. The van der Waals surface area contributed by atoms with Crippen molar-refractivity contribution in [3.8, 4) is 0 Å². The lowest BCUT2D eigenvalue weighted by molar-refractivity contribution is -0.118. The molecule has 3 aromatic carbocycles. The summed E-state index contributed by atoms with van der Waals surface area (Å²) in [6.45, 7) is 0. The first-order chi connectivity index (χ1) is 14.6. The molecule has 0 radical (unpaired) electrons. The minimum absolute atomic E-state index is 0.334. The minimum Gasteiger partial charge on any atom is -0.341 e. The van der Waals surface area contributed by atoms with Crippen molar-refractivity contribution in [1.82, 2.24) is 10.6 Å². The van der Waals surface area contributed by atoms with Crippen LogP contribution in [0.15, 0.2) is 84.9 Å². The predicted octanol–water partition coefficient (Wildman–Crippen LogP) is 3.55. The summed E-state index contributed by atoms with van der Waals surface area (Å²) in [6, 6.07) is 23.2. The predicted molar refractivity (Wildman–Crippen MR) is 116 cm³/mol. The topological polar surface area (TPSA) is 99.3 Å². The van der Waals surface area contributed by atoms with Crippen LogP contribution < -0.4 is 21.3 Å². The summed E-state index contributed by atoms with van der Waals surface area (Å²) < 4.78 is 0. The van der Waals surface area contributed by atoms with Gasteiger partial charge in [-0.05, 0) is 42.0 Å². The second-order valence-corrected chi connectivity index (χ2v) is 6.45. The van der Waals surface area contributed by atoms with Crippen LogP contribution in [-0.4, -0.2) is 24.9 Å². The Bertz CT molecular complexity index is 1010. The summed E-state index contributed by atoms with van der Waals surface area (Å²) in [5, 5.41) is 10.7. The standard InChI is InChI=1S/C23H22N4O3/c1-24-23(30)26-19-14-12-18(13-15-19)25-22(29)20(16-8-4-2-5-9-16)27-21(28)17-10-6-3-7-11-17/h2-15,20H,1H3,(H,25,29)(H,27,28)(H2,24,26,30). The molecule has 0 fully saturated rings. The Labute approximate surface area is 174 Å². The van der Waals surface area contributed by atoms with Crippen LogP contribution >= 0.6 is 0 Å². The maximum absolute atomic E-state index is 13.0. The second-order valence-electron chi connectivity index (χ2n) is 6.45. The zero-order chi connectivity index (χ0) is 21.3. The number of anilines is 2. The van der Waals surface area contributed by atoms with E-state index in [1.807, 2.05) is 24.3 Å². The summed E-state index contributed by atoms with van der Waals surface area (Å²) >= 11 is 0. The highest BCUT2D eigenvalue weighted by atomic mass is 16.2. The summed E-state index contributed by atoms with van der Waals surface area (Å²) in [6.07, 6.45) is 0. The summed E-state index contributed by atoms with van der Waals surface area (Å²) in [5.41, 5.74) is 2.26. The molecule has 152 valence electrons. The van der Waals surface area contributed by atoms with Crippen molar-refractivity contribution in [2.75, 3.05) is 17.7 Å². The van der Waals surface area contributed by atoms with E-state index in [1.54, 1.807) is 60.7 Å². The van der Waals surface area contributed by atoms with Crippen LogP contribution in [0.4, 0.5) is 16.2 Å². The minimum atomic E-state index is -0.873. The SMILES string of the molecule is CNC(=O)Nc1ccc(NC(=O)C(NC(=O)c2ccccc2)c2ccccc2)cc1. The van der Waals surface area contributed by atoms with Crippen LogP contribution in [0.2, 0.25) is 0 Å². The van der Waals surface area contributed by atoms with Crippen LogP contribution in [-0.2, 0) is 4.79 Å². The van der Waals surface area contributed by atoms with Crippen LogP contribution in [0.1, 0.15) is 22.0 Å². The largest absolute Gasteiger partial charge is 0.341 e. The highest BCUT2D eigenvalue weighted by molar-refractivity contribution is 6.01. The van der Waals surface area contributed by atoms with Gasteiger partial charge in [-0.25, -0.2) is 4.79 Å². The van der Waals surface area contributed by atoms with Crippen molar-refractivity contribution in [3.63, 3.8) is 0 Å². The van der Waals surface area contributed by atoms with Crippen molar-refractivity contribution < 1.29 is 14.4 Å². The van der Waals surface area contributed by atoms with E-state index in [0.29, 0.717) is 22.5 Å². The molecule has 0 spiro atoms. The van der Waals surface area contributed by atoms with Gasteiger partial charge in [-0.15, -0.1) is 0 Å². The van der Waals surface area contributed by atoms with Gasteiger partial charge in [0.15, 0.2) is 0 Å². The van der Waals surface area contributed by atoms with E-state index in [1.165, 1.54) is 7.05 Å². The third-order valence-corrected chi connectivity index (χ3v) is 4.34. The van der Waals surface area contributed by atoms with Crippen molar-refractivity contribution >= 4 is 29.2 Å². The highest BCUT2D eigenvalue weighted by Crippen LogP contribution is 2.19. The monoisotopic (exact) mass is 402 g/mol. The molecular weight excluding hydrogens is 380 g/mol. The van der Waals surface area contributed by atoms with Crippen LogP contribution in [0.5, 0.6) is 0 Å². The molecule has 7 nitrogen and oxygen atoms in total. The maximum atomic E-state index is 13.0. The number of carbonyl (C=O) groups is 3. The van der Waals surface area contributed by atoms with Gasteiger partial charge in [0.2, 0.25) is 0 Å². The van der Waals surface area contributed by atoms with Crippen LogP contribution in [0.25, 0.3) is 0 Å². The summed E-state index contributed by atoms with van der Waals surface area (Å²) in [4.78, 5) is 37.0. The van der Waals surface area contributed by atoms with Crippen molar-refractivity contribution in [2.24, 2.45) is 0 Å². The molecular formula is C23H22N4O3. The van der Waals surface area contributed by atoms with Gasteiger partial charge < -0.3 is 21.3 Å². The first kappa shape index (κ1) is 20.6. The van der Waals surface area contributed by atoms with E-state index < -0.39 is 6.04 Å².